The van der Waals surface area contributed by atoms with Crippen LogP contribution in [0.3, 0.4) is 0 Å². The second-order valence-corrected chi connectivity index (χ2v) is 6.52. The molecule has 3 aliphatic rings. The summed E-state index contributed by atoms with van der Waals surface area (Å²) in [4.78, 5) is 2.78. The maximum absolute atomic E-state index is 3.71. The summed E-state index contributed by atoms with van der Waals surface area (Å²) >= 11 is 0. The van der Waals surface area contributed by atoms with Crippen molar-refractivity contribution < 1.29 is 0 Å². The molecular formula is C15H28N2. The van der Waals surface area contributed by atoms with E-state index in [0.717, 1.165) is 17.9 Å². The molecule has 98 valence electrons. The van der Waals surface area contributed by atoms with E-state index in [1.165, 1.54) is 77.5 Å². The van der Waals surface area contributed by atoms with Crippen molar-refractivity contribution in [3.63, 3.8) is 0 Å². The fraction of sp³-hybridized carbons (Fsp3) is 1.00. The Labute approximate surface area is 106 Å². The maximum atomic E-state index is 3.71. The Bertz CT molecular complexity index is 229. The number of rotatable bonds is 3. The zero-order chi connectivity index (χ0) is 11.5. The summed E-state index contributed by atoms with van der Waals surface area (Å²) in [6.07, 6.45) is 11.7. The minimum atomic E-state index is 0.848. The summed E-state index contributed by atoms with van der Waals surface area (Å²) in [5.74, 6) is 1.98. The Kier molecular flexibility index (Phi) is 4.02. The fourth-order valence-electron chi connectivity index (χ4n) is 4.26. The number of nitrogens with one attached hydrogen (secondary N) is 1. The van der Waals surface area contributed by atoms with Gasteiger partial charge in [0.25, 0.3) is 0 Å². The molecule has 0 amide bonds. The Morgan fingerprint density at radius 2 is 1.82 bits per heavy atom. The van der Waals surface area contributed by atoms with Crippen LogP contribution in [0, 0.1) is 11.8 Å². The van der Waals surface area contributed by atoms with Gasteiger partial charge in [-0.1, -0.05) is 12.8 Å². The molecule has 3 fully saturated rings. The molecule has 1 N–H and O–H groups in total. The molecule has 2 nitrogen and oxygen atoms in total. The van der Waals surface area contributed by atoms with E-state index in [9.17, 15) is 0 Å². The summed E-state index contributed by atoms with van der Waals surface area (Å²) in [7, 11) is 0. The van der Waals surface area contributed by atoms with Gasteiger partial charge < -0.3 is 10.2 Å². The van der Waals surface area contributed by atoms with Gasteiger partial charge in [-0.05, 0) is 63.5 Å². The molecule has 2 heteroatoms. The molecule has 0 aromatic rings. The Morgan fingerprint density at radius 1 is 0.941 bits per heavy atom. The molecule has 0 aromatic carbocycles. The summed E-state index contributed by atoms with van der Waals surface area (Å²) < 4.78 is 0. The lowest BCUT2D eigenvalue weighted by Gasteiger charge is -2.37. The summed E-state index contributed by atoms with van der Waals surface area (Å²) in [6.45, 7) is 5.43. The predicted octanol–water partition coefficient (Wildman–Crippen LogP) is 2.64. The van der Waals surface area contributed by atoms with E-state index in [1.807, 2.05) is 0 Å². The highest BCUT2D eigenvalue weighted by Gasteiger charge is 2.30. The van der Waals surface area contributed by atoms with Gasteiger partial charge >= 0.3 is 0 Å². The molecule has 2 unspecified atom stereocenters. The van der Waals surface area contributed by atoms with Crippen molar-refractivity contribution in [3.05, 3.63) is 0 Å². The van der Waals surface area contributed by atoms with Gasteiger partial charge in [0.05, 0.1) is 0 Å². The zero-order valence-corrected chi connectivity index (χ0v) is 11.2. The van der Waals surface area contributed by atoms with Crippen LogP contribution in [0.2, 0.25) is 0 Å². The quantitative estimate of drug-likeness (QED) is 0.810. The van der Waals surface area contributed by atoms with Crippen molar-refractivity contribution in [3.8, 4) is 0 Å². The van der Waals surface area contributed by atoms with Crippen LogP contribution in [0.25, 0.3) is 0 Å². The van der Waals surface area contributed by atoms with Crippen LogP contribution in [0.4, 0.5) is 0 Å². The summed E-state index contributed by atoms with van der Waals surface area (Å²) in [5, 5.41) is 3.71. The highest BCUT2D eigenvalue weighted by molar-refractivity contribution is 4.87. The maximum Gasteiger partial charge on any atom is 0.0108 e. The lowest BCUT2D eigenvalue weighted by molar-refractivity contribution is 0.133. The van der Waals surface area contributed by atoms with E-state index >= 15 is 0 Å². The number of nitrogens with zero attached hydrogens (tertiary/aromatic N) is 1. The van der Waals surface area contributed by atoms with Crippen LogP contribution in [0.1, 0.15) is 51.4 Å². The number of hydrogen-bond donors (Lipinski definition) is 1. The van der Waals surface area contributed by atoms with Gasteiger partial charge in [-0.25, -0.2) is 0 Å². The predicted molar refractivity (Wildman–Crippen MR) is 72.1 cm³/mol. The largest absolute Gasteiger partial charge is 0.314 e. The first-order valence-electron chi connectivity index (χ1n) is 7.87. The Hall–Kier alpha value is -0.0800. The topological polar surface area (TPSA) is 15.3 Å². The zero-order valence-electron chi connectivity index (χ0n) is 11.2. The SMILES string of the molecule is C1CCC(CN2CCCC(C3CCCN3)C2)C1. The molecule has 0 bridgehead atoms. The lowest BCUT2D eigenvalue weighted by atomic mass is 9.89. The average Bonchev–Trinajstić information content (AvgIpc) is 3.01. The van der Waals surface area contributed by atoms with E-state index in [-0.39, 0.29) is 0 Å². The molecule has 1 saturated carbocycles. The minimum Gasteiger partial charge on any atom is -0.314 e. The molecule has 2 saturated heterocycles. The smallest absolute Gasteiger partial charge is 0.0108 e. The summed E-state index contributed by atoms with van der Waals surface area (Å²) in [6, 6.07) is 0.848. The molecular weight excluding hydrogens is 208 g/mol. The van der Waals surface area contributed by atoms with Crippen molar-refractivity contribution in [2.75, 3.05) is 26.2 Å². The lowest BCUT2D eigenvalue weighted by Crippen LogP contribution is -2.44. The summed E-state index contributed by atoms with van der Waals surface area (Å²) in [5.41, 5.74) is 0. The molecule has 17 heavy (non-hydrogen) atoms. The van der Waals surface area contributed by atoms with Crippen molar-refractivity contribution in [2.45, 2.75) is 57.4 Å². The molecule has 2 atom stereocenters. The third-order valence-corrected chi connectivity index (χ3v) is 5.20. The van der Waals surface area contributed by atoms with Crippen LogP contribution >= 0.6 is 0 Å². The van der Waals surface area contributed by atoms with Crippen molar-refractivity contribution in [2.24, 2.45) is 11.8 Å². The van der Waals surface area contributed by atoms with E-state index in [1.54, 1.807) is 0 Å². The first-order valence-corrected chi connectivity index (χ1v) is 7.87. The number of hydrogen-bond acceptors (Lipinski definition) is 2. The second-order valence-electron chi connectivity index (χ2n) is 6.52. The van der Waals surface area contributed by atoms with Crippen LogP contribution in [0.5, 0.6) is 0 Å². The van der Waals surface area contributed by atoms with Crippen molar-refractivity contribution in [1.29, 1.82) is 0 Å². The average molecular weight is 236 g/mol. The first-order chi connectivity index (χ1) is 8.42. The second kappa shape index (κ2) is 5.71. The van der Waals surface area contributed by atoms with Crippen molar-refractivity contribution >= 4 is 0 Å². The Morgan fingerprint density at radius 3 is 2.59 bits per heavy atom. The minimum absolute atomic E-state index is 0.848. The molecule has 1 aliphatic carbocycles. The first kappa shape index (κ1) is 12.0. The van der Waals surface area contributed by atoms with Gasteiger partial charge in [-0.2, -0.15) is 0 Å². The van der Waals surface area contributed by atoms with Crippen LogP contribution in [0.15, 0.2) is 0 Å². The third-order valence-electron chi connectivity index (χ3n) is 5.20. The van der Waals surface area contributed by atoms with E-state index in [0.29, 0.717) is 0 Å². The van der Waals surface area contributed by atoms with E-state index in [2.05, 4.69) is 10.2 Å². The fourth-order valence-corrected chi connectivity index (χ4v) is 4.26. The molecule has 0 radical (unpaired) electrons. The van der Waals surface area contributed by atoms with Gasteiger partial charge in [-0.15, -0.1) is 0 Å². The molecule has 0 spiro atoms. The van der Waals surface area contributed by atoms with Crippen molar-refractivity contribution in [1.82, 2.24) is 10.2 Å². The Balaban J connectivity index is 1.48. The van der Waals surface area contributed by atoms with E-state index in [4.69, 9.17) is 0 Å². The van der Waals surface area contributed by atoms with E-state index < -0.39 is 0 Å². The molecule has 2 heterocycles. The van der Waals surface area contributed by atoms with Crippen LogP contribution in [-0.2, 0) is 0 Å². The van der Waals surface area contributed by atoms with Crippen LogP contribution < -0.4 is 5.32 Å². The molecule has 2 aliphatic heterocycles. The number of likely N-dealkylation sites (tertiary alicyclic amines) is 1. The standard InChI is InChI=1S/C15H28N2/c1-2-6-13(5-1)11-17-10-4-7-14(12-17)15-8-3-9-16-15/h13-16H,1-12H2. The molecule has 3 rings (SSSR count). The van der Waals surface area contributed by atoms with Crippen LogP contribution in [-0.4, -0.2) is 37.1 Å². The monoisotopic (exact) mass is 236 g/mol. The number of piperidine rings is 1. The van der Waals surface area contributed by atoms with Gasteiger partial charge in [-0.3, -0.25) is 0 Å². The normalized spacial score (nSPS) is 36.7. The van der Waals surface area contributed by atoms with Gasteiger partial charge in [0.2, 0.25) is 0 Å². The molecule has 0 aromatic heterocycles. The van der Waals surface area contributed by atoms with Gasteiger partial charge in [0, 0.05) is 19.1 Å². The highest BCUT2D eigenvalue weighted by atomic mass is 15.1. The van der Waals surface area contributed by atoms with Gasteiger partial charge in [0.15, 0.2) is 0 Å². The van der Waals surface area contributed by atoms with Gasteiger partial charge in [0.1, 0.15) is 0 Å². The highest BCUT2D eigenvalue weighted by Crippen LogP contribution is 2.29. The third kappa shape index (κ3) is 3.03.